The SMILES string of the molecule is COc1ccc(N([C@H]2CCS(=O)(=O)C2)S(=O)(=O)c2cccc(C(C)=O)c2)cc1. The van der Waals surface area contributed by atoms with Crippen LogP contribution in [0.3, 0.4) is 0 Å². The van der Waals surface area contributed by atoms with E-state index in [9.17, 15) is 21.6 Å². The van der Waals surface area contributed by atoms with Crippen molar-refractivity contribution in [2.45, 2.75) is 24.3 Å². The smallest absolute Gasteiger partial charge is 0.264 e. The van der Waals surface area contributed by atoms with Crippen LogP contribution in [-0.4, -0.2) is 47.3 Å². The van der Waals surface area contributed by atoms with E-state index < -0.39 is 25.9 Å². The largest absolute Gasteiger partial charge is 0.497 e. The summed E-state index contributed by atoms with van der Waals surface area (Å²) < 4.78 is 57.2. The van der Waals surface area contributed by atoms with Gasteiger partial charge < -0.3 is 4.74 Å². The van der Waals surface area contributed by atoms with Crippen molar-refractivity contribution in [3.63, 3.8) is 0 Å². The van der Waals surface area contributed by atoms with Crippen molar-refractivity contribution in [2.75, 3.05) is 22.9 Å². The summed E-state index contributed by atoms with van der Waals surface area (Å²) in [4.78, 5) is 11.6. The Balaban J connectivity index is 2.12. The van der Waals surface area contributed by atoms with Crippen LogP contribution >= 0.6 is 0 Å². The highest BCUT2D eigenvalue weighted by Crippen LogP contribution is 2.32. The number of carbonyl (C=O) groups is 1. The minimum absolute atomic E-state index is 0.0553. The van der Waals surface area contributed by atoms with Crippen molar-refractivity contribution in [2.24, 2.45) is 0 Å². The van der Waals surface area contributed by atoms with Crippen molar-refractivity contribution in [1.29, 1.82) is 0 Å². The number of sulfonamides is 1. The van der Waals surface area contributed by atoms with E-state index in [1.165, 1.54) is 32.2 Å². The molecular weight excluding hydrogens is 402 g/mol. The maximum absolute atomic E-state index is 13.4. The van der Waals surface area contributed by atoms with E-state index >= 15 is 0 Å². The molecule has 2 aromatic rings. The molecule has 0 N–H and O–H groups in total. The van der Waals surface area contributed by atoms with Crippen LogP contribution in [0.25, 0.3) is 0 Å². The van der Waals surface area contributed by atoms with Crippen LogP contribution in [0.5, 0.6) is 5.75 Å². The van der Waals surface area contributed by atoms with Crippen LogP contribution in [0.2, 0.25) is 0 Å². The standard InChI is InChI=1S/C19H21NO6S2/c1-14(21)15-4-3-5-19(12-15)28(24,25)20(17-10-11-27(22,23)13-17)16-6-8-18(26-2)9-7-16/h3-9,12,17H,10-11,13H2,1-2H3/t17-/m0/s1. The Morgan fingerprint density at radius 2 is 1.82 bits per heavy atom. The van der Waals surface area contributed by atoms with Crippen molar-refractivity contribution in [3.05, 3.63) is 54.1 Å². The lowest BCUT2D eigenvalue weighted by Crippen LogP contribution is -2.41. The number of anilines is 1. The molecule has 1 fully saturated rings. The molecule has 0 radical (unpaired) electrons. The molecule has 28 heavy (non-hydrogen) atoms. The number of ether oxygens (including phenoxy) is 1. The van der Waals surface area contributed by atoms with Gasteiger partial charge in [-0.1, -0.05) is 12.1 Å². The molecule has 9 heteroatoms. The van der Waals surface area contributed by atoms with E-state index in [0.717, 1.165) is 4.31 Å². The molecule has 2 aromatic carbocycles. The van der Waals surface area contributed by atoms with Gasteiger partial charge in [-0.25, -0.2) is 16.8 Å². The number of ketones is 1. The topological polar surface area (TPSA) is 97.8 Å². The van der Waals surface area contributed by atoms with Gasteiger partial charge in [0.05, 0.1) is 35.2 Å². The highest BCUT2D eigenvalue weighted by Gasteiger charge is 2.39. The molecular formula is C19H21NO6S2. The molecule has 0 amide bonds. The lowest BCUT2D eigenvalue weighted by molar-refractivity contribution is 0.101. The van der Waals surface area contributed by atoms with Crippen molar-refractivity contribution in [1.82, 2.24) is 0 Å². The summed E-state index contributed by atoms with van der Waals surface area (Å²) in [5.74, 6) is -0.00643. The average Bonchev–Trinajstić information content (AvgIpc) is 3.01. The molecule has 0 aliphatic carbocycles. The molecule has 0 saturated carbocycles. The molecule has 0 aromatic heterocycles. The quantitative estimate of drug-likeness (QED) is 0.661. The van der Waals surface area contributed by atoms with Crippen molar-refractivity contribution >= 4 is 31.3 Å². The minimum atomic E-state index is -4.09. The summed E-state index contributed by atoms with van der Waals surface area (Å²) in [5, 5.41) is 0. The molecule has 0 spiro atoms. The van der Waals surface area contributed by atoms with E-state index in [2.05, 4.69) is 0 Å². The number of methoxy groups -OCH3 is 1. The molecule has 1 heterocycles. The van der Waals surface area contributed by atoms with Gasteiger partial charge in [0.15, 0.2) is 15.6 Å². The molecule has 1 aliphatic heterocycles. The number of carbonyl (C=O) groups excluding carboxylic acids is 1. The van der Waals surface area contributed by atoms with Gasteiger partial charge in [0.2, 0.25) is 0 Å². The first-order valence-corrected chi connectivity index (χ1v) is 11.9. The second kappa shape index (κ2) is 7.56. The van der Waals surface area contributed by atoms with Gasteiger partial charge in [-0.2, -0.15) is 0 Å². The fraction of sp³-hybridized carbons (Fsp3) is 0.316. The van der Waals surface area contributed by atoms with Gasteiger partial charge >= 0.3 is 0 Å². The van der Waals surface area contributed by atoms with Gasteiger partial charge in [-0.05, 0) is 49.7 Å². The molecule has 3 rings (SSSR count). The molecule has 7 nitrogen and oxygen atoms in total. The monoisotopic (exact) mass is 423 g/mol. The third kappa shape index (κ3) is 4.05. The van der Waals surface area contributed by atoms with Gasteiger partial charge in [-0.3, -0.25) is 9.10 Å². The lowest BCUT2D eigenvalue weighted by atomic mass is 10.2. The molecule has 0 unspecified atom stereocenters. The number of rotatable bonds is 6. The zero-order chi connectivity index (χ0) is 20.5. The number of hydrogen-bond donors (Lipinski definition) is 0. The van der Waals surface area contributed by atoms with E-state index in [-0.39, 0.29) is 34.2 Å². The summed E-state index contributed by atoms with van der Waals surface area (Å²) in [6, 6.07) is 11.4. The Labute approximate surface area is 164 Å². The predicted octanol–water partition coefficient (Wildman–Crippen LogP) is 2.28. The Hall–Kier alpha value is -2.39. The van der Waals surface area contributed by atoms with E-state index in [0.29, 0.717) is 11.4 Å². The van der Waals surface area contributed by atoms with Crippen LogP contribution in [0.15, 0.2) is 53.4 Å². The average molecular weight is 424 g/mol. The number of nitrogens with zero attached hydrogens (tertiary/aromatic N) is 1. The van der Waals surface area contributed by atoms with Gasteiger partial charge in [0, 0.05) is 5.56 Å². The first-order chi connectivity index (χ1) is 13.1. The normalized spacial score (nSPS) is 18.6. The maximum atomic E-state index is 13.4. The van der Waals surface area contributed by atoms with Gasteiger partial charge in [0.25, 0.3) is 10.0 Å². The van der Waals surface area contributed by atoms with Crippen LogP contribution in [0, 0.1) is 0 Å². The number of hydrogen-bond acceptors (Lipinski definition) is 6. The Kier molecular flexibility index (Phi) is 5.49. The van der Waals surface area contributed by atoms with Gasteiger partial charge in [0.1, 0.15) is 5.75 Å². The molecule has 1 aliphatic rings. The van der Waals surface area contributed by atoms with Crippen molar-refractivity contribution in [3.8, 4) is 5.75 Å². The number of Topliss-reactive ketones (excluding diaryl/α,β-unsaturated/α-hetero) is 1. The number of sulfone groups is 1. The second-order valence-electron chi connectivity index (χ2n) is 6.64. The van der Waals surface area contributed by atoms with Gasteiger partial charge in [-0.15, -0.1) is 0 Å². The zero-order valence-electron chi connectivity index (χ0n) is 15.5. The van der Waals surface area contributed by atoms with E-state index in [4.69, 9.17) is 4.74 Å². The number of benzene rings is 2. The highest BCUT2D eigenvalue weighted by molar-refractivity contribution is 7.93. The fourth-order valence-electron chi connectivity index (χ4n) is 3.22. The summed E-state index contributed by atoms with van der Waals surface area (Å²) in [6.45, 7) is 1.36. The Morgan fingerprint density at radius 1 is 1.14 bits per heavy atom. The van der Waals surface area contributed by atoms with E-state index in [1.807, 2.05) is 0 Å². The van der Waals surface area contributed by atoms with Crippen molar-refractivity contribution < 1.29 is 26.4 Å². The predicted molar refractivity (Wildman–Crippen MR) is 106 cm³/mol. The third-order valence-electron chi connectivity index (χ3n) is 4.66. The first-order valence-electron chi connectivity index (χ1n) is 8.64. The first kappa shape index (κ1) is 20.3. The second-order valence-corrected chi connectivity index (χ2v) is 10.7. The summed E-state index contributed by atoms with van der Waals surface area (Å²) in [5.41, 5.74) is 0.617. The Morgan fingerprint density at radius 3 is 2.36 bits per heavy atom. The Bertz CT molecular complexity index is 1090. The summed E-state index contributed by atoms with van der Waals surface area (Å²) in [6.07, 6.45) is 0.208. The van der Waals surface area contributed by atoms with E-state index in [1.54, 1.807) is 30.3 Å². The molecule has 1 saturated heterocycles. The highest BCUT2D eigenvalue weighted by atomic mass is 32.2. The summed E-state index contributed by atoms with van der Waals surface area (Å²) >= 11 is 0. The van der Waals surface area contributed by atoms with Crippen LogP contribution in [0.1, 0.15) is 23.7 Å². The minimum Gasteiger partial charge on any atom is -0.497 e. The maximum Gasteiger partial charge on any atom is 0.264 e. The fourth-order valence-corrected chi connectivity index (χ4v) is 6.74. The third-order valence-corrected chi connectivity index (χ3v) is 8.29. The van der Waals surface area contributed by atoms with Crippen LogP contribution in [0.4, 0.5) is 5.69 Å². The summed E-state index contributed by atoms with van der Waals surface area (Å²) in [7, 11) is -5.90. The molecule has 1 atom stereocenters. The lowest BCUT2D eigenvalue weighted by Gasteiger charge is -2.30. The van der Waals surface area contributed by atoms with Crippen LogP contribution in [-0.2, 0) is 19.9 Å². The molecule has 150 valence electrons. The zero-order valence-corrected chi connectivity index (χ0v) is 17.2. The van der Waals surface area contributed by atoms with Crippen LogP contribution < -0.4 is 9.04 Å². The molecule has 0 bridgehead atoms.